The molecule has 0 atom stereocenters. The van der Waals surface area contributed by atoms with Crippen molar-refractivity contribution in [2.75, 3.05) is 0 Å². The topological polar surface area (TPSA) is 112 Å². The lowest BCUT2D eigenvalue weighted by Gasteiger charge is -2.29. The summed E-state index contributed by atoms with van der Waals surface area (Å²) < 4.78 is 25.8. The van der Waals surface area contributed by atoms with Gasteiger partial charge in [0.1, 0.15) is 0 Å². The smallest absolute Gasteiger partial charge is 0.261 e. The van der Waals surface area contributed by atoms with E-state index in [1.807, 2.05) is 0 Å². The number of benzene rings is 2. The third-order valence-corrected chi connectivity index (χ3v) is 7.31. The number of hydrogen-bond donors (Lipinski definition) is 0. The average molecular weight is 412 g/mol. The molecule has 2 aromatic rings. The van der Waals surface area contributed by atoms with Gasteiger partial charge in [0.05, 0.1) is 26.9 Å². The van der Waals surface area contributed by atoms with E-state index in [0.29, 0.717) is 0 Å². The fourth-order valence-corrected chi connectivity index (χ4v) is 5.27. The summed E-state index contributed by atoms with van der Waals surface area (Å²) in [5, 5.41) is 10.9. The van der Waals surface area contributed by atoms with Crippen LogP contribution >= 0.6 is 0 Å². The molecule has 1 aliphatic heterocycles. The van der Waals surface area contributed by atoms with Gasteiger partial charge < -0.3 is 9.90 Å². The third kappa shape index (κ3) is 3.23. The van der Waals surface area contributed by atoms with Gasteiger partial charge in [-0.3, -0.25) is 14.5 Å². The number of nitrogens with zero attached hydrogens (tertiary/aromatic N) is 1. The highest BCUT2D eigenvalue weighted by molar-refractivity contribution is 7.91. The molecule has 1 saturated carbocycles. The minimum absolute atomic E-state index is 0.0907. The second-order valence-electron chi connectivity index (χ2n) is 7.29. The van der Waals surface area contributed by atoms with E-state index in [2.05, 4.69) is 0 Å². The highest BCUT2D eigenvalue weighted by Crippen LogP contribution is 2.33. The Kier molecular flexibility index (Phi) is 4.74. The summed E-state index contributed by atoms with van der Waals surface area (Å²) in [6.45, 7) is 0. The van der Waals surface area contributed by atoms with Crippen LogP contribution in [0.3, 0.4) is 0 Å². The molecular weight excluding hydrogens is 394 g/mol. The monoisotopic (exact) mass is 412 g/mol. The van der Waals surface area contributed by atoms with Crippen LogP contribution in [0.5, 0.6) is 0 Å². The lowest BCUT2D eigenvalue weighted by molar-refractivity contribution is -0.255. The van der Waals surface area contributed by atoms with E-state index in [1.54, 1.807) is 0 Å². The molecule has 0 spiro atoms. The number of fused-ring (bicyclic) bond motifs is 1. The average Bonchev–Trinajstić information content (AvgIpc) is 2.98. The fraction of sp³-hybridized carbons (Fsp3) is 0.286. The molecule has 4 rings (SSSR count). The van der Waals surface area contributed by atoms with Crippen molar-refractivity contribution < 1.29 is 27.9 Å². The normalized spacial score (nSPS) is 17.4. The van der Waals surface area contributed by atoms with Crippen molar-refractivity contribution in [1.82, 2.24) is 4.90 Å². The highest BCUT2D eigenvalue weighted by atomic mass is 32.2. The number of rotatable bonds is 4. The van der Waals surface area contributed by atoms with E-state index in [1.165, 1.54) is 35.2 Å². The van der Waals surface area contributed by atoms with E-state index in [-0.39, 0.29) is 38.4 Å². The minimum atomic E-state index is -3.98. The van der Waals surface area contributed by atoms with Crippen molar-refractivity contribution in [3.8, 4) is 0 Å². The Morgan fingerprint density at radius 3 is 2.07 bits per heavy atom. The molecule has 29 heavy (non-hydrogen) atoms. The summed E-state index contributed by atoms with van der Waals surface area (Å²) in [5.41, 5.74) is 0.168. The van der Waals surface area contributed by atoms with Gasteiger partial charge >= 0.3 is 0 Å². The summed E-state index contributed by atoms with van der Waals surface area (Å²) in [7, 11) is -3.98. The number of carboxylic acid groups (broad SMARTS) is 1. The van der Waals surface area contributed by atoms with Gasteiger partial charge in [-0.05, 0) is 48.7 Å². The van der Waals surface area contributed by atoms with Gasteiger partial charge in [0, 0.05) is 6.04 Å². The first-order chi connectivity index (χ1) is 13.8. The van der Waals surface area contributed by atoms with Crippen molar-refractivity contribution in [2.24, 2.45) is 0 Å². The van der Waals surface area contributed by atoms with Crippen LogP contribution in [0.2, 0.25) is 0 Å². The Morgan fingerprint density at radius 1 is 0.862 bits per heavy atom. The van der Waals surface area contributed by atoms with Gasteiger partial charge in [-0.1, -0.05) is 31.4 Å². The first-order valence-electron chi connectivity index (χ1n) is 9.39. The van der Waals surface area contributed by atoms with E-state index < -0.39 is 21.7 Å². The van der Waals surface area contributed by atoms with Crippen LogP contribution in [0.15, 0.2) is 52.3 Å². The Bertz CT molecular complexity index is 1110. The summed E-state index contributed by atoms with van der Waals surface area (Å²) in [5.74, 6) is -2.24. The Labute approximate surface area is 167 Å². The lowest BCUT2D eigenvalue weighted by atomic mass is 9.94. The number of aromatic carboxylic acids is 1. The number of amides is 2. The SMILES string of the molecule is O=C([O-])c1ccc(S(=O)(=O)c2ccc3c(c2)C(=O)N(C2CCCCC2)C3=O)cc1. The molecule has 150 valence electrons. The van der Waals surface area contributed by atoms with Gasteiger partial charge in [-0.25, -0.2) is 8.42 Å². The number of carbonyl (C=O) groups excluding carboxylic acids is 3. The van der Waals surface area contributed by atoms with Crippen LogP contribution in [0, 0.1) is 0 Å². The van der Waals surface area contributed by atoms with Gasteiger partial charge in [-0.2, -0.15) is 0 Å². The minimum Gasteiger partial charge on any atom is -0.545 e. The molecule has 0 radical (unpaired) electrons. The molecule has 1 heterocycles. The Balaban J connectivity index is 1.69. The number of carbonyl (C=O) groups is 3. The maximum Gasteiger partial charge on any atom is 0.261 e. The number of carboxylic acids is 1. The summed E-state index contributed by atoms with van der Waals surface area (Å²) in [6.07, 6.45) is 4.53. The zero-order valence-corrected chi connectivity index (χ0v) is 16.3. The molecule has 2 aliphatic rings. The summed E-state index contributed by atoms with van der Waals surface area (Å²) in [4.78, 5) is 37.5. The zero-order chi connectivity index (χ0) is 20.8. The van der Waals surface area contributed by atoms with Gasteiger partial charge in [0.15, 0.2) is 0 Å². The first-order valence-corrected chi connectivity index (χ1v) is 10.9. The van der Waals surface area contributed by atoms with Crippen molar-refractivity contribution in [2.45, 2.75) is 47.9 Å². The van der Waals surface area contributed by atoms with E-state index in [0.717, 1.165) is 44.2 Å². The molecule has 7 nitrogen and oxygen atoms in total. The molecule has 1 aliphatic carbocycles. The van der Waals surface area contributed by atoms with Crippen LogP contribution in [-0.4, -0.2) is 37.1 Å². The van der Waals surface area contributed by atoms with Crippen LogP contribution in [-0.2, 0) is 9.84 Å². The van der Waals surface area contributed by atoms with Crippen LogP contribution < -0.4 is 5.11 Å². The molecular formula is C21H18NO6S-. The van der Waals surface area contributed by atoms with Gasteiger partial charge in [0.25, 0.3) is 11.8 Å². The molecule has 1 fully saturated rings. The van der Waals surface area contributed by atoms with Crippen LogP contribution in [0.25, 0.3) is 0 Å². The van der Waals surface area contributed by atoms with Crippen molar-refractivity contribution in [1.29, 1.82) is 0 Å². The summed E-state index contributed by atoms with van der Waals surface area (Å²) in [6, 6.07) is 8.42. The standard InChI is InChI=1S/C21H19NO6S/c23-19-17-11-10-16(29(27,28)15-8-6-13(7-9-15)21(25)26)12-18(17)20(24)22(19)14-4-2-1-3-5-14/h6-12,14H,1-5H2,(H,25,26)/p-1. The zero-order valence-electron chi connectivity index (χ0n) is 15.5. The highest BCUT2D eigenvalue weighted by Gasteiger charge is 2.40. The van der Waals surface area contributed by atoms with E-state index >= 15 is 0 Å². The Hall–Kier alpha value is -3.00. The molecule has 8 heteroatoms. The first kappa shape index (κ1) is 19.3. The molecule has 0 unspecified atom stereocenters. The predicted octanol–water partition coefficient (Wildman–Crippen LogP) is 1.81. The maximum atomic E-state index is 12.9. The van der Waals surface area contributed by atoms with Gasteiger partial charge in [-0.15, -0.1) is 0 Å². The molecule has 0 bridgehead atoms. The van der Waals surface area contributed by atoms with E-state index in [4.69, 9.17) is 0 Å². The predicted molar refractivity (Wildman–Crippen MR) is 100 cm³/mol. The molecule has 2 aromatic carbocycles. The number of hydrogen-bond acceptors (Lipinski definition) is 6. The fourth-order valence-electron chi connectivity index (χ4n) is 3.98. The molecule has 2 amide bonds. The second kappa shape index (κ2) is 7.11. The molecule has 0 N–H and O–H groups in total. The van der Waals surface area contributed by atoms with Gasteiger partial charge in [0.2, 0.25) is 9.84 Å². The number of sulfone groups is 1. The maximum absolute atomic E-state index is 12.9. The number of imide groups is 1. The second-order valence-corrected chi connectivity index (χ2v) is 9.24. The third-order valence-electron chi connectivity index (χ3n) is 5.54. The van der Waals surface area contributed by atoms with E-state index in [9.17, 15) is 27.9 Å². The summed E-state index contributed by atoms with van der Waals surface area (Å²) >= 11 is 0. The quantitative estimate of drug-likeness (QED) is 0.708. The van der Waals surface area contributed by atoms with Crippen molar-refractivity contribution in [3.05, 3.63) is 59.2 Å². The largest absolute Gasteiger partial charge is 0.545 e. The van der Waals surface area contributed by atoms with Crippen LogP contribution in [0.1, 0.15) is 63.2 Å². The molecule has 0 saturated heterocycles. The van der Waals surface area contributed by atoms with Crippen molar-refractivity contribution >= 4 is 27.6 Å². The van der Waals surface area contributed by atoms with Crippen molar-refractivity contribution in [3.63, 3.8) is 0 Å². The molecule has 0 aromatic heterocycles. The van der Waals surface area contributed by atoms with Crippen LogP contribution in [0.4, 0.5) is 0 Å². The Morgan fingerprint density at radius 2 is 1.45 bits per heavy atom. The lowest BCUT2D eigenvalue weighted by Crippen LogP contribution is -2.40.